The van der Waals surface area contributed by atoms with E-state index in [1.54, 1.807) is 0 Å². The highest BCUT2D eigenvalue weighted by molar-refractivity contribution is 7.09. The van der Waals surface area contributed by atoms with Gasteiger partial charge in [-0.2, -0.15) is 0 Å². The minimum atomic E-state index is 0.196. The van der Waals surface area contributed by atoms with E-state index in [1.165, 1.54) is 11.3 Å². The van der Waals surface area contributed by atoms with E-state index in [1.807, 2.05) is 10.3 Å². The zero-order valence-corrected chi connectivity index (χ0v) is 9.42. The minimum Gasteiger partial charge on any atom is -0.342 e. The van der Waals surface area contributed by atoms with Crippen molar-refractivity contribution in [3.8, 4) is 0 Å². The molecule has 1 aromatic heterocycles. The maximum absolute atomic E-state index is 11.8. The Morgan fingerprint density at radius 3 is 2.87 bits per heavy atom. The van der Waals surface area contributed by atoms with Crippen LogP contribution in [0.2, 0.25) is 0 Å². The average molecular weight is 225 g/mol. The first-order chi connectivity index (χ1) is 7.29. The standard InChI is InChI=1S/C10H15N3OS/c11-6-9-12-8(7-15-9)5-10(14)13-3-1-2-4-13/h7H,1-6,11H2. The molecule has 1 saturated heterocycles. The van der Waals surface area contributed by atoms with E-state index in [2.05, 4.69) is 4.98 Å². The van der Waals surface area contributed by atoms with Crippen LogP contribution in [0.25, 0.3) is 0 Å². The number of amides is 1. The molecule has 2 heterocycles. The number of carbonyl (C=O) groups excluding carboxylic acids is 1. The lowest BCUT2D eigenvalue weighted by atomic mass is 10.3. The molecule has 5 heteroatoms. The van der Waals surface area contributed by atoms with Crippen molar-refractivity contribution in [2.45, 2.75) is 25.8 Å². The van der Waals surface area contributed by atoms with E-state index in [0.29, 0.717) is 13.0 Å². The fourth-order valence-corrected chi connectivity index (χ4v) is 2.43. The number of likely N-dealkylation sites (tertiary alicyclic amines) is 1. The summed E-state index contributed by atoms with van der Waals surface area (Å²) in [4.78, 5) is 18.0. The van der Waals surface area contributed by atoms with Crippen molar-refractivity contribution in [2.75, 3.05) is 13.1 Å². The van der Waals surface area contributed by atoms with Gasteiger partial charge in [-0.1, -0.05) is 0 Å². The van der Waals surface area contributed by atoms with Crippen molar-refractivity contribution in [3.05, 3.63) is 16.1 Å². The maximum Gasteiger partial charge on any atom is 0.228 e. The van der Waals surface area contributed by atoms with Gasteiger partial charge in [0.25, 0.3) is 0 Å². The highest BCUT2D eigenvalue weighted by atomic mass is 32.1. The quantitative estimate of drug-likeness (QED) is 0.826. The summed E-state index contributed by atoms with van der Waals surface area (Å²) in [6.07, 6.45) is 2.70. The number of thiazole rings is 1. The molecule has 1 aromatic rings. The molecule has 1 aliphatic heterocycles. The zero-order chi connectivity index (χ0) is 10.7. The Kier molecular flexibility index (Phi) is 3.33. The van der Waals surface area contributed by atoms with Gasteiger partial charge in [0.15, 0.2) is 0 Å². The largest absolute Gasteiger partial charge is 0.342 e. The number of nitrogens with zero attached hydrogens (tertiary/aromatic N) is 2. The molecular weight excluding hydrogens is 210 g/mol. The van der Waals surface area contributed by atoms with Gasteiger partial charge >= 0.3 is 0 Å². The van der Waals surface area contributed by atoms with Crippen molar-refractivity contribution in [2.24, 2.45) is 5.73 Å². The number of hydrogen-bond donors (Lipinski definition) is 1. The van der Waals surface area contributed by atoms with Crippen molar-refractivity contribution < 1.29 is 4.79 Å². The van der Waals surface area contributed by atoms with E-state index in [-0.39, 0.29) is 5.91 Å². The molecule has 0 bridgehead atoms. The first-order valence-corrected chi connectivity index (χ1v) is 6.08. The summed E-state index contributed by atoms with van der Waals surface area (Å²) in [5.41, 5.74) is 6.33. The minimum absolute atomic E-state index is 0.196. The van der Waals surface area contributed by atoms with Crippen molar-refractivity contribution in [1.29, 1.82) is 0 Å². The van der Waals surface area contributed by atoms with Crippen molar-refractivity contribution in [1.82, 2.24) is 9.88 Å². The van der Waals surface area contributed by atoms with Crippen LogP contribution in [0.3, 0.4) is 0 Å². The molecule has 0 atom stereocenters. The van der Waals surface area contributed by atoms with Gasteiger partial charge < -0.3 is 10.6 Å². The molecule has 15 heavy (non-hydrogen) atoms. The molecule has 0 saturated carbocycles. The fourth-order valence-electron chi connectivity index (χ4n) is 1.76. The van der Waals surface area contributed by atoms with Crippen LogP contribution in [-0.2, 0) is 17.8 Å². The Morgan fingerprint density at radius 2 is 2.27 bits per heavy atom. The molecule has 0 spiro atoms. The monoisotopic (exact) mass is 225 g/mol. The molecule has 2 N–H and O–H groups in total. The predicted octanol–water partition coefficient (Wildman–Crippen LogP) is 0.767. The third-order valence-electron chi connectivity index (χ3n) is 2.57. The van der Waals surface area contributed by atoms with Crippen molar-refractivity contribution in [3.63, 3.8) is 0 Å². The SMILES string of the molecule is NCc1nc(CC(=O)N2CCCC2)cs1. The van der Waals surface area contributed by atoms with E-state index < -0.39 is 0 Å². The summed E-state index contributed by atoms with van der Waals surface area (Å²) >= 11 is 1.53. The molecule has 4 nitrogen and oxygen atoms in total. The first-order valence-electron chi connectivity index (χ1n) is 5.20. The molecular formula is C10H15N3OS. The highest BCUT2D eigenvalue weighted by Gasteiger charge is 2.18. The molecule has 1 fully saturated rings. The summed E-state index contributed by atoms with van der Waals surface area (Å²) < 4.78 is 0. The van der Waals surface area contributed by atoms with E-state index in [9.17, 15) is 4.79 Å². The van der Waals surface area contributed by atoms with Gasteiger partial charge in [-0.05, 0) is 12.8 Å². The second-order valence-corrected chi connectivity index (χ2v) is 4.64. The lowest BCUT2D eigenvalue weighted by Crippen LogP contribution is -2.29. The first kappa shape index (κ1) is 10.6. The van der Waals surface area contributed by atoms with Crippen LogP contribution in [0.15, 0.2) is 5.38 Å². The maximum atomic E-state index is 11.8. The van der Waals surface area contributed by atoms with Crippen LogP contribution < -0.4 is 5.73 Å². The predicted molar refractivity (Wildman–Crippen MR) is 59.5 cm³/mol. The smallest absolute Gasteiger partial charge is 0.228 e. The van der Waals surface area contributed by atoms with E-state index in [0.717, 1.165) is 36.6 Å². The van der Waals surface area contributed by atoms with Crippen LogP contribution in [0.4, 0.5) is 0 Å². The molecule has 1 aliphatic rings. The summed E-state index contributed by atoms with van der Waals surface area (Å²) in [6, 6.07) is 0. The second-order valence-electron chi connectivity index (χ2n) is 3.70. The second kappa shape index (κ2) is 4.72. The summed E-state index contributed by atoms with van der Waals surface area (Å²) in [5.74, 6) is 0.196. The molecule has 0 aromatic carbocycles. The van der Waals surface area contributed by atoms with Crippen LogP contribution in [0, 0.1) is 0 Å². The van der Waals surface area contributed by atoms with Gasteiger partial charge in [0.2, 0.25) is 5.91 Å². The zero-order valence-electron chi connectivity index (χ0n) is 8.61. The summed E-state index contributed by atoms with van der Waals surface area (Å²) in [5, 5.41) is 2.83. The van der Waals surface area contributed by atoms with Crippen LogP contribution in [-0.4, -0.2) is 28.9 Å². The summed E-state index contributed by atoms with van der Waals surface area (Å²) in [6.45, 7) is 2.28. The van der Waals surface area contributed by atoms with Crippen molar-refractivity contribution >= 4 is 17.2 Å². The Labute approximate surface area is 93.1 Å². The van der Waals surface area contributed by atoms with Crippen LogP contribution >= 0.6 is 11.3 Å². The lowest BCUT2D eigenvalue weighted by molar-refractivity contribution is -0.129. The van der Waals surface area contributed by atoms with Gasteiger partial charge in [-0.25, -0.2) is 4.98 Å². The number of hydrogen-bond acceptors (Lipinski definition) is 4. The van der Waals surface area contributed by atoms with Crippen LogP contribution in [0.5, 0.6) is 0 Å². The Hall–Kier alpha value is -0.940. The highest BCUT2D eigenvalue weighted by Crippen LogP contribution is 2.13. The number of rotatable bonds is 3. The lowest BCUT2D eigenvalue weighted by Gasteiger charge is -2.13. The van der Waals surface area contributed by atoms with Crippen LogP contribution in [0.1, 0.15) is 23.5 Å². The topological polar surface area (TPSA) is 59.2 Å². The average Bonchev–Trinajstić information content (AvgIpc) is 2.87. The molecule has 1 amide bonds. The van der Waals surface area contributed by atoms with E-state index >= 15 is 0 Å². The number of aromatic nitrogens is 1. The third kappa shape index (κ3) is 2.54. The Morgan fingerprint density at radius 1 is 1.53 bits per heavy atom. The molecule has 0 unspecified atom stereocenters. The molecule has 2 rings (SSSR count). The van der Waals surface area contributed by atoms with Gasteiger partial charge in [-0.3, -0.25) is 4.79 Å². The third-order valence-corrected chi connectivity index (χ3v) is 3.48. The molecule has 0 aliphatic carbocycles. The fraction of sp³-hybridized carbons (Fsp3) is 0.600. The number of nitrogens with two attached hydrogens (primary N) is 1. The Bertz CT molecular complexity index is 344. The Balaban J connectivity index is 1.92. The molecule has 82 valence electrons. The van der Waals surface area contributed by atoms with Gasteiger partial charge in [0, 0.05) is 25.0 Å². The van der Waals surface area contributed by atoms with Gasteiger partial charge in [0.1, 0.15) is 5.01 Å². The summed E-state index contributed by atoms with van der Waals surface area (Å²) in [7, 11) is 0. The van der Waals surface area contributed by atoms with Gasteiger partial charge in [-0.15, -0.1) is 11.3 Å². The van der Waals surface area contributed by atoms with E-state index in [4.69, 9.17) is 5.73 Å². The molecule has 0 radical (unpaired) electrons. The number of carbonyl (C=O) groups is 1. The van der Waals surface area contributed by atoms with Gasteiger partial charge in [0.05, 0.1) is 12.1 Å². The normalized spacial score (nSPS) is 15.9.